The lowest BCUT2D eigenvalue weighted by atomic mass is 10.2. The molecule has 0 saturated heterocycles. The molecule has 1 rings (SSSR count). The monoisotopic (exact) mass is 253 g/mol. The van der Waals surface area contributed by atoms with Crippen LogP contribution in [-0.2, 0) is 11.3 Å². The van der Waals surface area contributed by atoms with E-state index in [9.17, 15) is 4.79 Å². The zero-order chi connectivity index (χ0) is 12.7. The zero-order valence-electron chi connectivity index (χ0n) is 10.3. The van der Waals surface area contributed by atoms with Gasteiger partial charge in [0.2, 0.25) is 5.91 Å². The number of aromatic nitrogens is 1. The molecule has 5 heteroatoms. The van der Waals surface area contributed by atoms with Crippen molar-refractivity contribution in [2.45, 2.75) is 19.0 Å². The Morgan fingerprint density at radius 3 is 2.76 bits per heavy atom. The number of rotatable bonds is 6. The first kappa shape index (κ1) is 14.0. The molecule has 0 spiro atoms. The van der Waals surface area contributed by atoms with E-state index in [1.807, 2.05) is 18.4 Å². The van der Waals surface area contributed by atoms with E-state index in [2.05, 4.69) is 4.98 Å². The Bertz CT molecular complexity index is 345. The number of carbonyl (C=O) groups is 1. The SMILES string of the molecule is CSCC[C@@H](N)C(=O)N(C)Cc1ccncc1. The first-order valence-electron chi connectivity index (χ1n) is 5.53. The van der Waals surface area contributed by atoms with Crippen LogP contribution in [0.3, 0.4) is 0 Å². The summed E-state index contributed by atoms with van der Waals surface area (Å²) in [6.07, 6.45) is 6.18. The van der Waals surface area contributed by atoms with Gasteiger partial charge in [-0.1, -0.05) is 0 Å². The van der Waals surface area contributed by atoms with Crippen molar-refractivity contribution in [3.63, 3.8) is 0 Å². The maximum absolute atomic E-state index is 11.9. The minimum atomic E-state index is -0.394. The maximum Gasteiger partial charge on any atom is 0.239 e. The van der Waals surface area contributed by atoms with E-state index in [-0.39, 0.29) is 5.91 Å². The Labute approximate surface area is 107 Å². The van der Waals surface area contributed by atoms with Crippen LogP contribution in [0, 0.1) is 0 Å². The fourth-order valence-corrected chi connectivity index (χ4v) is 1.98. The average Bonchev–Trinajstić information content (AvgIpc) is 2.36. The van der Waals surface area contributed by atoms with Crippen LogP contribution in [0.25, 0.3) is 0 Å². The molecule has 0 radical (unpaired) electrons. The second-order valence-corrected chi connectivity index (χ2v) is 4.92. The molecule has 1 aromatic rings. The van der Waals surface area contributed by atoms with Gasteiger partial charge in [-0.25, -0.2) is 0 Å². The van der Waals surface area contributed by atoms with Gasteiger partial charge in [0.1, 0.15) is 0 Å². The number of thioether (sulfide) groups is 1. The number of carbonyl (C=O) groups excluding carboxylic acids is 1. The van der Waals surface area contributed by atoms with Crippen molar-refractivity contribution in [1.82, 2.24) is 9.88 Å². The number of nitrogens with two attached hydrogens (primary N) is 1. The third-order valence-electron chi connectivity index (χ3n) is 2.50. The highest BCUT2D eigenvalue weighted by Crippen LogP contribution is 2.05. The number of likely N-dealkylation sites (N-methyl/N-ethyl adjacent to an activating group) is 1. The van der Waals surface area contributed by atoms with Crippen molar-refractivity contribution in [3.05, 3.63) is 30.1 Å². The molecule has 94 valence electrons. The summed E-state index contributed by atoms with van der Waals surface area (Å²) in [7, 11) is 1.78. The van der Waals surface area contributed by atoms with Gasteiger partial charge in [-0.2, -0.15) is 11.8 Å². The molecule has 1 aromatic heterocycles. The van der Waals surface area contributed by atoms with Gasteiger partial charge < -0.3 is 10.6 Å². The van der Waals surface area contributed by atoms with Crippen molar-refractivity contribution >= 4 is 17.7 Å². The summed E-state index contributed by atoms with van der Waals surface area (Å²) in [5.74, 6) is 0.909. The van der Waals surface area contributed by atoms with Crippen molar-refractivity contribution in [2.75, 3.05) is 19.1 Å². The molecule has 0 aliphatic rings. The van der Waals surface area contributed by atoms with E-state index in [1.54, 1.807) is 36.1 Å². The molecule has 4 nitrogen and oxygen atoms in total. The number of hydrogen-bond acceptors (Lipinski definition) is 4. The zero-order valence-corrected chi connectivity index (χ0v) is 11.1. The van der Waals surface area contributed by atoms with Crippen LogP contribution in [0.2, 0.25) is 0 Å². The molecule has 1 amide bonds. The van der Waals surface area contributed by atoms with E-state index in [4.69, 9.17) is 5.73 Å². The van der Waals surface area contributed by atoms with Gasteiger partial charge in [0.15, 0.2) is 0 Å². The molecule has 1 heterocycles. The number of amides is 1. The van der Waals surface area contributed by atoms with Crippen LogP contribution in [0.5, 0.6) is 0 Å². The van der Waals surface area contributed by atoms with Crippen LogP contribution in [-0.4, -0.2) is 40.9 Å². The lowest BCUT2D eigenvalue weighted by Gasteiger charge is -2.21. The fourth-order valence-electron chi connectivity index (χ4n) is 1.49. The van der Waals surface area contributed by atoms with Gasteiger partial charge in [-0.15, -0.1) is 0 Å². The Hall–Kier alpha value is -1.07. The van der Waals surface area contributed by atoms with Gasteiger partial charge in [-0.05, 0) is 36.1 Å². The van der Waals surface area contributed by atoms with E-state index in [0.29, 0.717) is 6.54 Å². The third-order valence-corrected chi connectivity index (χ3v) is 3.14. The predicted molar refractivity (Wildman–Crippen MR) is 71.7 cm³/mol. The molecular weight excluding hydrogens is 234 g/mol. The highest BCUT2D eigenvalue weighted by atomic mass is 32.2. The van der Waals surface area contributed by atoms with Crippen LogP contribution >= 0.6 is 11.8 Å². The van der Waals surface area contributed by atoms with Crippen LogP contribution in [0.4, 0.5) is 0 Å². The van der Waals surface area contributed by atoms with Crippen molar-refractivity contribution in [2.24, 2.45) is 5.73 Å². The van der Waals surface area contributed by atoms with Crippen molar-refractivity contribution in [3.8, 4) is 0 Å². The predicted octanol–water partition coefficient (Wildman–Crippen LogP) is 1.12. The Morgan fingerprint density at radius 1 is 1.53 bits per heavy atom. The Kier molecular flexibility index (Phi) is 6.00. The van der Waals surface area contributed by atoms with Gasteiger partial charge >= 0.3 is 0 Å². The molecule has 0 saturated carbocycles. The van der Waals surface area contributed by atoms with Gasteiger partial charge in [0.25, 0.3) is 0 Å². The summed E-state index contributed by atoms with van der Waals surface area (Å²) in [6, 6.07) is 3.41. The van der Waals surface area contributed by atoms with E-state index >= 15 is 0 Å². The lowest BCUT2D eigenvalue weighted by molar-refractivity contribution is -0.131. The molecule has 0 aliphatic carbocycles. The topological polar surface area (TPSA) is 59.2 Å². The van der Waals surface area contributed by atoms with Crippen molar-refractivity contribution in [1.29, 1.82) is 0 Å². The maximum atomic E-state index is 11.9. The average molecular weight is 253 g/mol. The highest BCUT2D eigenvalue weighted by Gasteiger charge is 2.17. The summed E-state index contributed by atoms with van der Waals surface area (Å²) in [5, 5.41) is 0. The molecule has 1 atom stereocenters. The molecule has 0 aliphatic heterocycles. The molecule has 0 fully saturated rings. The van der Waals surface area contributed by atoms with Gasteiger partial charge in [0.05, 0.1) is 6.04 Å². The van der Waals surface area contributed by atoms with Crippen LogP contribution in [0.1, 0.15) is 12.0 Å². The largest absolute Gasteiger partial charge is 0.340 e. The Morgan fingerprint density at radius 2 is 2.18 bits per heavy atom. The first-order valence-corrected chi connectivity index (χ1v) is 6.93. The quantitative estimate of drug-likeness (QED) is 0.825. The van der Waals surface area contributed by atoms with E-state index in [0.717, 1.165) is 17.7 Å². The first-order chi connectivity index (χ1) is 8.15. The number of pyridine rings is 1. The summed E-state index contributed by atoms with van der Waals surface area (Å²) >= 11 is 1.70. The van der Waals surface area contributed by atoms with Gasteiger partial charge in [-0.3, -0.25) is 9.78 Å². The van der Waals surface area contributed by atoms with Crippen LogP contribution in [0.15, 0.2) is 24.5 Å². The fraction of sp³-hybridized carbons (Fsp3) is 0.500. The molecular formula is C12H19N3OS. The van der Waals surface area contributed by atoms with Crippen LogP contribution < -0.4 is 5.73 Å². The second kappa shape index (κ2) is 7.29. The molecule has 2 N–H and O–H groups in total. The third kappa shape index (κ3) is 4.75. The number of hydrogen-bond donors (Lipinski definition) is 1. The number of nitrogens with zero attached hydrogens (tertiary/aromatic N) is 2. The minimum absolute atomic E-state index is 0.00383. The standard InChI is InChI=1S/C12H19N3OS/c1-15(9-10-3-6-14-7-4-10)12(16)11(13)5-8-17-2/h3-4,6-7,11H,5,8-9,13H2,1-2H3/t11-/m1/s1. The summed E-state index contributed by atoms with van der Waals surface area (Å²) in [5.41, 5.74) is 6.90. The summed E-state index contributed by atoms with van der Waals surface area (Å²) in [6.45, 7) is 0.578. The lowest BCUT2D eigenvalue weighted by Crippen LogP contribution is -2.41. The molecule has 0 bridgehead atoms. The highest BCUT2D eigenvalue weighted by molar-refractivity contribution is 7.98. The minimum Gasteiger partial charge on any atom is -0.340 e. The normalized spacial score (nSPS) is 12.2. The second-order valence-electron chi connectivity index (χ2n) is 3.94. The van der Waals surface area contributed by atoms with E-state index in [1.165, 1.54) is 0 Å². The smallest absolute Gasteiger partial charge is 0.239 e. The summed E-state index contributed by atoms with van der Waals surface area (Å²) in [4.78, 5) is 17.5. The summed E-state index contributed by atoms with van der Waals surface area (Å²) < 4.78 is 0. The van der Waals surface area contributed by atoms with E-state index < -0.39 is 6.04 Å². The molecule has 17 heavy (non-hydrogen) atoms. The molecule has 0 aromatic carbocycles. The Balaban J connectivity index is 2.47. The van der Waals surface area contributed by atoms with Gasteiger partial charge in [0, 0.05) is 26.0 Å². The van der Waals surface area contributed by atoms with Crippen molar-refractivity contribution < 1.29 is 4.79 Å². The molecule has 0 unspecified atom stereocenters.